The van der Waals surface area contributed by atoms with Gasteiger partial charge in [-0.3, -0.25) is 14.5 Å². The second-order valence-electron chi connectivity index (χ2n) is 12.1. The summed E-state index contributed by atoms with van der Waals surface area (Å²) in [5.74, 6) is -1.86. The minimum Gasteiger partial charge on any atom is -0.444 e. The monoisotopic (exact) mass is 722 g/mol. The van der Waals surface area contributed by atoms with E-state index >= 15 is 0 Å². The average molecular weight is 724 g/mol. The lowest BCUT2D eigenvalue weighted by molar-refractivity contribution is -0.138. The van der Waals surface area contributed by atoms with E-state index in [1.807, 2.05) is 0 Å². The summed E-state index contributed by atoms with van der Waals surface area (Å²) in [6, 6.07) is 5.93. The molecule has 0 aliphatic carbocycles. The number of piperidine rings is 1. The fourth-order valence-electron chi connectivity index (χ4n) is 5.05. The van der Waals surface area contributed by atoms with Crippen LogP contribution in [0.4, 0.5) is 18.0 Å². The predicted molar refractivity (Wildman–Crippen MR) is 172 cm³/mol. The summed E-state index contributed by atoms with van der Waals surface area (Å²) >= 11 is 12.4. The van der Waals surface area contributed by atoms with E-state index in [2.05, 4.69) is 16.0 Å². The fraction of sp³-hybridized carbons (Fsp3) is 0.516. The van der Waals surface area contributed by atoms with Crippen molar-refractivity contribution in [3.8, 4) is 0 Å². The number of rotatable bonds is 11. The lowest BCUT2D eigenvalue weighted by atomic mass is 9.95. The average Bonchev–Trinajstić information content (AvgIpc) is 2.97. The van der Waals surface area contributed by atoms with Crippen LogP contribution in [-0.4, -0.2) is 68.8 Å². The standard InChI is InChI=1S/C31H39Cl2F3N4O6S/c1-5-47(44,45)26-9-8-22(32)13-21(26)16-39-28(42)20-14-24(31(34,35)36)23(25(33)15-20)18-40-12-6-7-19(17-40)27(41)37-10-11-38-29(43)46-30(2,3)4/h8-9,13-15,19H,5-7,10-12,16-18H2,1-4H3,(H,37,41)(H,38,43)(H,39,42)/t19-/m0/s1. The molecule has 1 aliphatic heterocycles. The number of nitrogens with one attached hydrogen (secondary N) is 3. The number of carbonyl (C=O) groups excluding carboxylic acids is 3. The highest BCUT2D eigenvalue weighted by atomic mass is 35.5. The quantitative estimate of drug-likeness (QED) is 0.258. The van der Waals surface area contributed by atoms with Crippen LogP contribution in [0.3, 0.4) is 0 Å². The SMILES string of the molecule is CCS(=O)(=O)c1ccc(Cl)cc1CNC(=O)c1cc(Cl)c(CN2CCC[C@H](C(=O)NCCNC(=O)OC(C)(C)C)C2)c(C(F)(F)F)c1. The van der Waals surface area contributed by atoms with Gasteiger partial charge in [-0.2, -0.15) is 13.2 Å². The van der Waals surface area contributed by atoms with Crippen molar-refractivity contribution in [2.45, 2.75) is 70.3 Å². The third kappa shape index (κ3) is 11.3. The molecular weight excluding hydrogens is 684 g/mol. The van der Waals surface area contributed by atoms with Crippen molar-refractivity contribution in [2.75, 3.05) is 31.9 Å². The Bertz CT molecular complexity index is 1580. The van der Waals surface area contributed by atoms with Crippen molar-refractivity contribution in [1.29, 1.82) is 0 Å². The van der Waals surface area contributed by atoms with E-state index in [9.17, 15) is 36.0 Å². The van der Waals surface area contributed by atoms with Gasteiger partial charge in [-0.05, 0) is 81.6 Å². The molecule has 0 saturated carbocycles. The van der Waals surface area contributed by atoms with Gasteiger partial charge in [0.25, 0.3) is 5.91 Å². The molecule has 1 saturated heterocycles. The van der Waals surface area contributed by atoms with Crippen LogP contribution in [0.15, 0.2) is 35.2 Å². The van der Waals surface area contributed by atoms with Crippen molar-refractivity contribution in [1.82, 2.24) is 20.9 Å². The van der Waals surface area contributed by atoms with Crippen LogP contribution in [0.5, 0.6) is 0 Å². The van der Waals surface area contributed by atoms with E-state index in [1.54, 1.807) is 25.7 Å². The summed E-state index contributed by atoms with van der Waals surface area (Å²) in [4.78, 5) is 39.2. The second-order valence-corrected chi connectivity index (χ2v) is 15.2. The van der Waals surface area contributed by atoms with E-state index in [1.165, 1.54) is 25.1 Å². The number of sulfone groups is 1. The Morgan fingerprint density at radius 3 is 2.34 bits per heavy atom. The molecule has 0 aromatic heterocycles. The Balaban J connectivity index is 1.69. The Morgan fingerprint density at radius 1 is 1.02 bits per heavy atom. The molecule has 10 nitrogen and oxygen atoms in total. The van der Waals surface area contributed by atoms with Crippen molar-refractivity contribution in [3.05, 3.63) is 62.6 Å². The molecule has 3 N–H and O–H groups in total. The Morgan fingerprint density at radius 2 is 1.70 bits per heavy atom. The summed E-state index contributed by atoms with van der Waals surface area (Å²) in [7, 11) is -3.66. The highest BCUT2D eigenvalue weighted by Crippen LogP contribution is 2.37. The smallest absolute Gasteiger partial charge is 0.416 e. The topological polar surface area (TPSA) is 134 Å². The molecule has 0 spiro atoms. The largest absolute Gasteiger partial charge is 0.444 e. The number of alkyl halides is 3. The first-order chi connectivity index (χ1) is 21.8. The summed E-state index contributed by atoms with van der Waals surface area (Å²) in [6.45, 7) is 7.03. The zero-order valence-electron chi connectivity index (χ0n) is 26.5. The first-order valence-electron chi connectivity index (χ1n) is 15.0. The third-order valence-electron chi connectivity index (χ3n) is 7.29. The highest BCUT2D eigenvalue weighted by Gasteiger charge is 2.37. The van der Waals surface area contributed by atoms with Gasteiger partial charge in [-0.1, -0.05) is 30.1 Å². The number of halogens is 5. The third-order valence-corrected chi connectivity index (χ3v) is 9.69. The first-order valence-corrected chi connectivity index (χ1v) is 17.4. The molecule has 1 fully saturated rings. The van der Waals surface area contributed by atoms with E-state index in [-0.39, 0.29) is 76.0 Å². The molecule has 16 heteroatoms. The Hall–Kier alpha value is -3.07. The van der Waals surface area contributed by atoms with E-state index in [0.717, 1.165) is 6.07 Å². The van der Waals surface area contributed by atoms with E-state index in [4.69, 9.17) is 27.9 Å². The van der Waals surface area contributed by atoms with E-state index in [0.29, 0.717) is 25.5 Å². The van der Waals surface area contributed by atoms with Crippen molar-refractivity contribution < 1.29 is 40.7 Å². The van der Waals surface area contributed by atoms with Crippen molar-refractivity contribution in [3.63, 3.8) is 0 Å². The van der Waals surface area contributed by atoms with Crippen LogP contribution >= 0.6 is 23.2 Å². The Labute approximate surface area is 282 Å². The van der Waals surface area contributed by atoms with Gasteiger partial charge in [0, 0.05) is 48.3 Å². The molecule has 0 unspecified atom stereocenters. The predicted octanol–water partition coefficient (Wildman–Crippen LogP) is 5.59. The lowest BCUT2D eigenvalue weighted by Gasteiger charge is -2.33. The van der Waals surface area contributed by atoms with Gasteiger partial charge in [0.2, 0.25) is 5.91 Å². The number of alkyl carbamates (subject to hydrolysis) is 1. The number of ether oxygens (including phenoxy) is 1. The zero-order valence-corrected chi connectivity index (χ0v) is 28.9. The maximum absolute atomic E-state index is 14.3. The summed E-state index contributed by atoms with van der Waals surface area (Å²) in [5, 5.41) is 7.70. The van der Waals surface area contributed by atoms with Gasteiger partial charge < -0.3 is 20.7 Å². The number of amides is 3. The molecule has 47 heavy (non-hydrogen) atoms. The van der Waals surface area contributed by atoms with Crippen LogP contribution in [0, 0.1) is 5.92 Å². The molecule has 0 bridgehead atoms. The van der Waals surface area contributed by atoms with Crippen LogP contribution in [0.1, 0.15) is 67.6 Å². The summed E-state index contributed by atoms with van der Waals surface area (Å²) in [6.07, 6.45) is -4.37. The minimum atomic E-state index is -4.85. The molecule has 3 amide bonds. The normalized spacial score (nSPS) is 16.0. The summed E-state index contributed by atoms with van der Waals surface area (Å²) < 4.78 is 72.9. The fourth-order valence-corrected chi connectivity index (χ4v) is 6.64. The Kier molecular flexibility index (Phi) is 13.0. The number of carbonyl (C=O) groups is 3. The molecular formula is C31H39Cl2F3N4O6S. The van der Waals surface area contributed by atoms with Crippen molar-refractivity contribution >= 4 is 50.9 Å². The molecule has 2 aromatic rings. The number of hydrogen-bond donors (Lipinski definition) is 3. The molecule has 1 atom stereocenters. The number of benzene rings is 2. The molecule has 260 valence electrons. The van der Waals surface area contributed by atoms with Crippen LogP contribution in [0.2, 0.25) is 10.0 Å². The zero-order chi connectivity index (χ0) is 35.2. The van der Waals surface area contributed by atoms with Crippen LogP contribution in [-0.2, 0) is 38.6 Å². The highest BCUT2D eigenvalue weighted by molar-refractivity contribution is 7.91. The molecule has 1 heterocycles. The first kappa shape index (κ1) is 38.4. The van der Waals surface area contributed by atoms with Crippen molar-refractivity contribution in [2.24, 2.45) is 5.92 Å². The number of hydrogen-bond acceptors (Lipinski definition) is 7. The van der Waals surface area contributed by atoms with Gasteiger partial charge in [-0.25, -0.2) is 13.2 Å². The second kappa shape index (κ2) is 15.9. The molecule has 0 radical (unpaired) electrons. The van der Waals surface area contributed by atoms with Gasteiger partial charge >= 0.3 is 12.3 Å². The minimum absolute atomic E-state index is 0.0416. The summed E-state index contributed by atoms with van der Waals surface area (Å²) in [5.41, 5.74) is -2.15. The van der Waals surface area contributed by atoms with Crippen LogP contribution in [0.25, 0.3) is 0 Å². The van der Waals surface area contributed by atoms with Crippen LogP contribution < -0.4 is 16.0 Å². The number of likely N-dealkylation sites (tertiary alicyclic amines) is 1. The van der Waals surface area contributed by atoms with E-state index < -0.39 is 45.1 Å². The molecule has 1 aliphatic rings. The lowest BCUT2D eigenvalue weighted by Crippen LogP contribution is -2.45. The maximum Gasteiger partial charge on any atom is 0.416 e. The molecule has 2 aromatic carbocycles. The van der Waals surface area contributed by atoms with Gasteiger partial charge in [-0.15, -0.1) is 0 Å². The maximum atomic E-state index is 14.3. The van der Waals surface area contributed by atoms with Gasteiger partial charge in [0.1, 0.15) is 5.60 Å². The van der Waals surface area contributed by atoms with Gasteiger partial charge in [0.05, 0.1) is 22.1 Å². The molecule has 3 rings (SSSR count). The number of nitrogens with zero attached hydrogens (tertiary/aromatic N) is 1. The van der Waals surface area contributed by atoms with Gasteiger partial charge in [0.15, 0.2) is 9.84 Å².